The Morgan fingerprint density at radius 2 is 1.97 bits per heavy atom. The van der Waals surface area contributed by atoms with Crippen molar-refractivity contribution in [2.24, 2.45) is 7.05 Å². The third-order valence-electron chi connectivity index (χ3n) is 7.70. The topological polar surface area (TPSA) is 78.1 Å². The Labute approximate surface area is 210 Å². The first kappa shape index (κ1) is 22.9. The van der Waals surface area contributed by atoms with Crippen LogP contribution in [-0.2, 0) is 29.5 Å². The molecule has 1 saturated heterocycles. The van der Waals surface area contributed by atoms with E-state index in [1.165, 1.54) is 11.3 Å². The van der Waals surface area contributed by atoms with Crippen molar-refractivity contribution in [1.29, 1.82) is 0 Å². The van der Waals surface area contributed by atoms with Gasteiger partial charge in [0.25, 0.3) is 0 Å². The van der Waals surface area contributed by atoms with Gasteiger partial charge in [-0.1, -0.05) is 25.1 Å². The molecule has 0 saturated carbocycles. The molecule has 1 amide bonds. The highest BCUT2D eigenvalue weighted by Crippen LogP contribution is 2.38. The minimum atomic E-state index is 0.196. The molecular formula is C28H32N6O2. The number of aryl methyl sites for hydroxylation is 2. The molecule has 6 rings (SSSR count). The SMILES string of the molecule is CCC(=O)N1CCc2c(c(-c3cccc4c(C)c(-c5cnn(C)c5)ncc34)nn2C2CCOCC2)C1. The second-order valence-electron chi connectivity index (χ2n) is 9.88. The Kier molecular flexibility index (Phi) is 5.84. The van der Waals surface area contributed by atoms with E-state index < -0.39 is 0 Å². The lowest BCUT2D eigenvalue weighted by atomic mass is 9.94. The first-order valence-corrected chi connectivity index (χ1v) is 12.9. The summed E-state index contributed by atoms with van der Waals surface area (Å²) in [6, 6.07) is 6.74. The molecule has 8 nitrogen and oxygen atoms in total. The van der Waals surface area contributed by atoms with E-state index in [1.54, 1.807) is 4.68 Å². The molecule has 0 bridgehead atoms. The highest BCUT2D eigenvalue weighted by atomic mass is 16.5. The molecule has 1 aromatic carbocycles. The van der Waals surface area contributed by atoms with Gasteiger partial charge < -0.3 is 9.64 Å². The Morgan fingerprint density at radius 1 is 1.14 bits per heavy atom. The van der Waals surface area contributed by atoms with Gasteiger partial charge in [0.15, 0.2) is 0 Å². The number of rotatable bonds is 4. The number of carbonyl (C=O) groups is 1. The molecule has 0 aliphatic carbocycles. The van der Waals surface area contributed by atoms with Crippen LogP contribution in [0, 0.1) is 6.92 Å². The lowest BCUT2D eigenvalue weighted by Gasteiger charge is -2.30. The standard InChI is InChI=1S/C28H32N6O2/c1-4-26(35)33-11-8-25-24(17-33)28(31-34(25)20-9-12-36-13-10-20)22-7-5-6-21-18(2)27(29-15-23(21)22)19-14-30-32(3)16-19/h5-7,14-16,20H,4,8-13,17H2,1-3H3. The van der Waals surface area contributed by atoms with Gasteiger partial charge in [0.05, 0.1) is 23.6 Å². The summed E-state index contributed by atoms with van der Waals surface area (Å²) in [5.41, 5.74) is 7.59. The van der Waals surface area contributed by atoms with Crippen LogP contribution in [0.1, 0.15) is 49.0 Å². The van der Waals surface area contributed by atoms with Gasteiger partial charge >= 0.3 is 0 Å². The molecule has 0 spiro atoms. The lowest BCUT2D eigenvalue weighted by molar-refractivity contribution is -0.131. The molecule has 36 heavy (non-hydrogen) atoms. The van der Waals surface area contributed by atoms with Crippen LogP contribution in [-0.4, -0.2) is 55.1 Å². The fraction of sp³-hybridized carbons (Fsp3) is 0.429. The van der Waals surface area contributed by atoms with Gasteiger partial charge in [-0.15, -0.1) is 0 Å². The second kappa shape index (κ2) is 9.17. The molecule has 0 unspecified atom stereocenters. The predicted molar refractivity (Wildman–Crippen MR) is 138 cm³/mol. The van der Waals surface area contributed by atoms with E-state index in [1.807, 2.05) is 37.5 Å². The van der Waals surface area contributed by atoms with Crippen LogP contribution < -0.4 is 0 Å². The number of hydrogen-bond acceptors (Lipinski definition) is 5. The van der Waals surface area contributed by atoms with E-state index in [4.69, 9.17) is 14.8 Å². The summed E-state index contributed by atoms with van der Waals surface area (Å²) in [6.45, 7) is 6.95. The lowest BCUT2D eigenvalue weighted by Crippen LogP contribution is -2.36. The van der Waals surface area contributed by atoms with E-state index in [9.17, 15) is 4.79 Å². The number of hydrogen-bond donors (Lipinski definition) is 0. The van der Waals surface area contributed by atoms with Crippen LogP contribution in [0.5, 0.6) is 0 Å². The fourth-order valence-electron chi connectivity index (χ4n) is 5.76. The number of benzene rings is 1. The van der Waals surface area contributed by atoms with Crippen LogP contribution in [0.15, 0.2) is 36.8 Å². The number of ether oxygens (including phenoxy) is 1. The van der Waals surface area contributed by atoms with Gasteiger partial charge in [0.1, 0.15) is 0 Å². The van der Waals surface area contributed by atoms with Crippen molar-refractivity contribution < 1.29 is 9.53 Å². The quantitative estimate of drug-likeness (QED) is 0.428. The highest BCUT2D eigenvalue weighted by Gasteiger charge is 2.31. The predicted octanol–water partition coefficient (Wildman–Crippen LogP) is 4.45. The first-order chi connectivity index (χ1) is 17.5. The van der Waals surface area contributed by atoms with E-state index in [0.29, 0.717) is 19.0 Å². The summed E-state index contributed by atoms with van der Waals surface area (Å²) in [5.74, 6) is 0.196. The Bertz CT molecular complexity index is 1450. The maximum absolute atomic E-state index is 12.6. The van der Waals surface area contributed by atoms with Crippen LogP contribution in [0.25, 0.3) is 33.3 Å². The zero-order chi connectivity index (χ0) is 24.8. The van der Waals surface area contributed by atoms with Crippen molar-refractivity contribution in [3.8, 4) is 22.5 Å². The molecule has 0 radical (unpaired) electrons. The van der Waals surface area contributed by atoms with Gasteiger partial charge in [0, 0.05) is 86.4 Å². The third-order valence-corrected chi connectivity index (χ3v) is 7.70. The van der Waals surface area contributed by atoms with Crippen molar-refractivity contribution >= 4 is 16.7 Å². The van der Waals surface area contributed by atoms with Gasteiger partial charge in [-0.2, -0.15) is 10.2 Å². The van der Waals surface area contributed by atoms with Crippen molar-refractivity contribution in [1.82, 2.24) is 29.4 Å². The van der Waals surface area contributed by atoms with Crippen LogP contribution >= 0.6 is 0 Å². The average Bonchev–Trinajstić information content (AvgIpc) is 3.52. The Morgan fingerprint density at radius 3 is 2.72 bits per heavy atom. The van der Waals surface area contributed by atoms with Crippen LogP contribution in [0.2, 0.25) is 0 Å². The summed E-state index contributed by atoms with van der Waals surface area (Å²) in [5, 5.41) is 11.8. The zero-order valence-corrected chi connectivity index (χ0v) is 21.2. The molecule has 3 aromatic heterocycles. The number of nitrogens with zero attached hydrogens (tertiary/aromatic N) is 6. The molecular weight excluding hydrogens is 452 g/mol. The van der Waals surface area contributed by atoms with E-state index in [0.717, 1.165) is 77.9 Å². The maximum atomic E-state index is 12.6. The monoisotopic (exact) mass is 484 g/mol. The van der Waals surface area contributed by atoms with E-state index >= 15 is 0 Å². The van der Waals surface area contributed by atoms with Gasteiger partial charge in [-0.3, -0.25) is 19.1 Å². The summed E-state index contributed by atoms with van der Waals surface area (Å²) >= 11 is 0. The van der Waals surface area contributed by atoms with Crippen molar-refractivity contribution in [2.75, 3.05) is 19.8 Å². The molecule has 8 heteroatoms. The van der Waals surface area contributed by atoms with Gasteiger partial charge in [-0.25, -0.2) is 0 Å². The zero-order valence-electron chi connectivity index (χ0n) is 21.2. The van der Waals surface area contributed by atoms with Gasteiger partial charge in [-0.05, 0) is 30.7 Å². The third kappa shape index (κ3) is 3.80. The number of amides is 1. The minimum Gasteiger partial charge on any atom is -0.381 e. The molecule has 4 aromatic rings. The number of carbonyl (C=O) groups excluding carboxylic acids is 1. The number of fused-ring (bicyclic) bond motifs is 2. The fourth-order valence-corrected chi connectivity index (χ4v) is 5.76. The largest absolute Gasteiger partial charge is 0.381 e. The number of pyridine rings is 1. The van der Waals surface area contributed by atoms with Crippen LogP contribution in [0.3, 0.4) is 0 Å². The molecule has 2 aliphatic heterocycles. The average molecular weight is 485 g/mol. The normalized spacial score (nSPS) is 16.5. The molecule has 1 fully saturated rings. The Balaban J connectivity index is 1.51. The molecule has 0 N–H and O–H groups in total. The van der Waals surface area contributed by atoms with E-state index in [-0.39, 0.29) is 5.91 Å². The molecule has 2 aliphatic rings. The second-order valence-corrected chi connectivity index (χ2v) is 9.88. The Hall–Kier alpha value is -3.52. The molecule has 5 heterocycles. The van der Waals surface area contributed by atoms with Crippen LogP contribution in [0.4, 0.5) is 0 Å². The van der Waals surface area contributed by atoms with Gasteiger partial charge in [0.2, 0.25) is 5.91 Å². The van der Waals surface area contributed by atoms with E-state index in [2.05, 4.69) is 34.9 Å². The number of aromatic nitrogens is 5. The smallest absolute Gasteiger partial charge is 0.222 e. The summed E-state index contributed by atoms with van der Waals surface area (Å²) in [6.07, 6.45) is 9.11. The first-order valence-electron chi connectivity index (χ1n) is 12.9. The summed E-state index contributed by atoms with van der Waals surface area (Å²) < 4.78 is 9.69. The maximum Gasteiger partial charge on any atom is 0.222 e. The van der Waals surface area contributed by atoms with Crippen molar-refractivity contribution in [3.63, 3.8) is 0 Å². The molecule has 186 valence electrons. The van der Waals surface area contributed by atoms with Crippen molar-refractivity contribution in [2.45, 2.75) is 52.1 Å². The highest BCUT2D eigenvalue weighted by molar-refractivity contribution is 5.99. The minimum absolute atomic E-state index is 0.196. The molecule has 0 atom stereocenters. The summed E-state index contributed by atoms with van der Waals surface area (Å²) in [7, 11) is 1.92. The summed E-state index contributed by atoms with van der Waals surface area (Å²) in [4.78, 5) is 19.5. The van der Waals surface area contributed by atoms with Crippen molar-refractivity contribution in [3.05, 3.63) is 53.6 Å².